The lowest BCUT2D eigenvalue weighted by Crippen LogP contribution is -2.37. The molecule has 2 aromatic carbocycles. The van der Waals surface area contributed by atoms with Crippen molar-refractivity contribution in [3.05, 3.63) is 59.2 Å². The van der Waals surface area contributed by atoms with Crippen LogP contribution in [0.5, 0.6) is 5.75 Å². The summed E-state index contributed by atoms with van der Waals surface area (Å²) in [7, 11) is 2.33. The number of nitrogens with zero attached hydrogens (tertiary/aromatic N) is 1. The van der Waals surface area contributed by atoms with Crippen LogP contribution < -0.4 is 10.0 Å². The average molecular weight is 430 g/mol. The lowest BCUT2D eigenvalue weighted by Gasteiger charge is -2.34. The topological polar surface area (TPSA) is 21.7 Å². The van der Waals surface area contributed by atoms with Crippen molar-refractivity contribution in [3.8, 4) is 5.75 Å². The van der Waals surface area contributed by atoms with Gasteiger partial charge in [0.2, 0.25) is 0 Å². The molecule has 0 N–H and O–H groups in total. The van der Waals surface area contributed by atoms with E-state index in [1.807, 2.05) is 6.07 Å². The van der Waals surface area contributed by atoms with Gasteiger partial charge < -0.3 is 9.47 Å². The molecule has 0 radical (unpaired) electrons. The van der Waals surface area contributed by atoms with Crippen molar-refractivity contribution in [2.45, 2.75) is 78.7 Å². The number of aryl methyl sites for hydroxylation is 1. The van der Waals surface area contributed by atoms with E-state index in [9.17, 15) is 0 Å². The molecule has 0 bridgehead atoms. The predicted octanol–water partition coefficient (Wildman–Crippen LogP) is 6.23. The molecule has 2 rings (SSSR count). The Balaban J connectivity index is 2.45. The van der Waals surface area contributed by atoms with Gasteiger partial charge in [-0.1, -0.05) is 58.8 Å². The number of hydrogen-bond acceptors (Lipinski definition) is 3. The fourth-order valence-electron chi connectivity index (χ4n) is 3.99. The van der Waals surface area contributed by atoms with E-state index in [0.29, 0.717) is 20.7 Å². The van der Waals surface area contributed by atoms with E-state index in [-0.39, 0.29) is 11.9 Å². The molecule has 0 aliphatic heterocycles. The van der Waals surface area contributed by atoms with Crippen molar-refractivity contribution in [2.24, 2.45) is 0 Å². The first-order valence-corrected chi connectivity index (χ1v) is 12.1. The van der Waals surface area contributed by atoms with Crippen LogP contribution in [-0.2, 0) is 16.4 Å². The van der Waals surface area contributed by atoms with Gasteiger partial charge in [-0.2, -0.15) is 0 Å². The van der Waals surface area contributed by atoms with Gasteiger partial charge in [0.05, 0.1) is 0 Å². The van der Waals surface area contributed by atoms with Crippen LogP contribution in [0.15, 0.2) is 42.5 Å². The Morgan fingerprint density at radius 2 is 1.67 bits per heavy atom. The number of para-hydroxylation sites is 1. The summed E-state index contributed by atoms with van der Waals surface area (Å²) < 4.78 is 11.1. The van der Waals surface area contributed by atoms with Crippen molar-refractivity contribution in [2.75, 3.05) is 13.9 Å². The highest BCUT2D eigenvalue weighted by molar-refractivity contribution is 7.48. The molecule has 0 aliphatic carbocycles. The molecule has 2 unspecified atom stereocenters. The Labute approximate surface area is 185 Å². The Kier molecular flexibility index (Phi) is 9.34. The van der Waals surface area contributed by atoms with E-state index < -0.39 is 0 Å². The van der Waals surface area contributed by atoms with Gasteiger partial charge in [0.1, 0.15) is 5.75 Å². The first kappa shape index (κ1) is 24.9. The number of methoxy groups -OCH3 is 1. The lowest BCUT2D eigenvalue weighted by atomic mass is 9.96. The predicted molar refractivity (Wildman–Crippen MR) is 132 cm³/mol. The molecule has 3 nitrogen and oxygen atoms in total. The van der Waals surface area contributed by atoms with Crippen LogP contribution in [0.3, 0.4) is 0 Å². The fraction of sp³-hybridized carbons (Fsp3) is 0.538. The minimum atomic E-state index is 0.00564. The van der Waals surface area contributed by atoms with E-state index in [4.69, 9.17) is 9.47 Å². The molecule has 0 spiro atoms. The molecule has 0 aliphatic rings. The first-order chi connectivity index (χ1) is 14.2. The first-order valence-electron chi connectivity index (χ1n) is 11.1. The van der Waals surface area contributed by atoms with E-state index in [0.717, 1.165) is 18.7 Å². The minimum absolute atomic E-state index is 0.00564. The van der Waals surface area contributed by atoms with Crippen LogP contribution in [0.25, 0.3) is 0 Å². The van der Waals surface area contributed by atoms with Crippen molar-refractivity contribution in [1.29, 1.82) is 0 Å². The van der Waals surface area contributed by atoms with E-state index in [1.54, 1.807) is 7.11 Å². The average Bonchev–Trinajstić information content (AvgIpc) is 2.72. The highest BCUT2D eigenvalue weighted by atomic mass is 31.1. The van der Waals surface area contributed by atoms with Crippen molar-refractivity contribution >= 4 is 13.9 Å². The number of hydrogen-bond donors (Lipinski definition) is 0. The van der Waals surface area contributed by atoms with Crippen LogP contribution in [-0.4, -0.2) is 30.9 Å². The molecule has 0 fully saturated rings. The van der Waals surface area contributed by atoms with Gasteiger partial charge in [-0.25, -0.2) is 0 Å². The molecule has 0 amide bonds. The summed E-state index contributed by atoms with van der Waals surface area (Å²) in [5.41, 5.74) is 4.10. The molecule has 30 heavy (non-hydrogen) atoms. The van der Waals surface area contributed by atoms with Crippen LogP contribution in [0.2, 0.25) is 0 Å². The van der Waals surface area contributed by atoms with Gasteiger partial charge >= 0.3 is 0 Å². The summed E-state index contributed by atoms with van der Waals surface area (Å²) in [6.45, 7) is 17.3. The van der Waals surface area contributed by atoms with Gasteiger partial charge in [-0.15, -0.1) is 0 Å². The zero-order chi connectivity index (χ0) is 22.3. The van der Waals surface area contributed by atoms with Gasteiger partial charge in [0.15, 0.2) is 6.79 Å². The number of ether oxygens (including phenoxy) is 2. The van der Waals surface area contributed by atoms with Crippen molar-refractivity contribution in [1.82, 2.24) is 4.90 Å². The monoisotopic (exact) mass is 429 g/mol. The maximum absolute atomic E-state index is 5.93. The normalized spacial score (nSPS) is 14.2. The van der Waals surface area contributed by atoms with Crippen LogP contribution in [0, 0.1) is 6.92 Å². The summed E-state index contributed by atoms with van der Waals surface area (Å²) in [6.07, 6.45) is 1.05. The van der Waals surface area contributed by atoms with Gasteiger partial charge in [-0.05, 0) is 63.5 Å². The Morgan fingerprint density at radius 1 is 1.00 bits per heavy atom. The van der Waals surface area contributed by atoms with E-state index >= 15 is 0 Å². The molecule has 0 saturated carbocycles. The molecule has 2 atom stereocenters. The highest BCUT2D eigenvalue weighted by Gasteiger charge is 2.30. The third-order valence-electron chi connectivity index (χ3n) is 5.96. The second-order valence-corrected chi connectivity index (χ2v) is 10.7. The Hall–Kier alpha value is -1.41. The standard InChI is InChI=1S/C26H40NO2P/c1-9-26(7,23-15-10-11-16-24(23)29-18-28-8)30-25-21(6)13-12-14-22(25)17-27(19(2)3)20(4)5/h10-16,19-20,30H,9,17-18H2,1-8H3. The zero-order valence-electron chi connectivity index (χ0n) is 20.1. The van der Waals surface area contributed by atoms with Crippen LogP contribution >= 0.6 is 8.58 Å². The van der Waals surface area contributed by atoms with Gasteiger partial charge in [0.25, 0.3) is 0 Å². The SMILES string of the molecule is CCC(C)(Pc1c(C)cccc1CN(C(C)C)C(C)C)c1ccccc1OCOC. The molecular formula is C26H40NO2P. The fourth-order valence-corrected chi connectivity index (χ4v) is 5.66. The third kappa shape index (κ3) is 6.06. The molecule has 0 aromatic heterocycles. The second-order valence-electron chi connectivity index (χ2n) is 8.83. The van der Waals surface area contributed by atoms with Gasteiger partial charge in [-0.3, -0.25) is 4.90 Å². The largest absolute Gasteiger partial charge is 0.467 e. The van der Waals surface area contributed by atoms with Crippen molar-refractivity contribution in [3.63, 3.8) is 0 Å². The van der Waals surface area contributed by atoms with Crippen LogP contribution in [0.4, 0.5) is 0 Å². The zero-order valence-corrected chi connectivity index (χ0v) is 21.1. The summed E-state index contributed by atoms with van der Waals surface area (Å²) in [4.78, 5) is 2.57. The number of benzene rings is 2. The molecule has 4 heteroatoms. The smallest absolute Gasteiger partial charge is 0.188 e. The quantitative estimate of drug-likeness (QED) is 0.312. The van der Waals surface area contributed by atoms with Crippen molar-refractivity contribution < 1.29 is 9.47 Å². The summed E-state index contributed by atoms with van der Waals surface area (Å²) in [6, 6.07) is 16.2. The molecular weight excluding hydrogens is 389 g/mol. The van der Waals surface area contributed by atoms with E-state index in [2.05, 4.69) is 89.8 Å². The highest BCUT2D eigenvalue weighted by Crippen LogP contribution is 2.48. The van der Waals surface area contributed by atoms with Crippen LogP contribution in [0.1, 0.15) is 64.7 Å². The summed E-state index contributed by atoms with van der Waals surface area (Å²) >= 11 is 0. The lowest BCUT2D eigenvalue weighted by molar-refractivity contribution is 0.0500. The number of rotatable bonds is 11. The summed E-state index contributed by atoms with van der Waals surface area (Å²) in [5, 5.41) is 1.50. The maximum atomic E-state index is 5.93. The Morgan fingerprint density at radius 3 is 2.27 bits per heavy atom. The third-order valence-corrected chi connectivity index (χ3v) is 8.10. The second kappa shape index (κ2) is 11.3. The molecule has 0 saturated heterocycles. The minimum Gasteiger partial charge on any atom is -0.467 e. The van der Waals surface area contributed by atoms with E-state index in [1.165, 1.54) is 22.0 Å². The molecule has 166 valence electrons. The maximum Gasteiger partial charge on any atom is 0.188 e. The molecule has 2 aromatic rings. The summed E-state index contributed by atoms with van der Waals surface area (Å²) in [5.74, 6) is 0.928. The van der Waals surface area contributed by atoms with Gasteiger partial charge in [0, 0.05) is 36.5 Å². The molecule has 0 heterocycles. The Bertz CT molecular complexity index is 797.